The smallest absolute Gasteiger partial charge is 0.317 e. The zero-order valence-corrected chi connectivity index (χ0v) is 50.9. The Balaban J connectivity index is 0.000000451. The molecule has 7 heterocycles. The highest BCUT2D eigenvalue weighted by atomic mass is 16.5. The monoisotopic (exact) mass is 1100 g/mol. The SMILES string of the molecule is CC(C)CC1COC1.CC(C)CN1CCCC1=O.CC(C)CN1CCNC1=O.CC(C)OCC(=O)N1CCC1.CC(C)OCC(=O)N1CCCC1.CC(C)OCC(=O)N1CCCCC1.CC(C)OCC(=O)N1CCOCC1. The van der Waals surface area contributed by atoms with Crippen molar-refractivity contribution in [3.05, 3.63) is 0 Å². The predicted molar refractivity (Wildman–Crippen MR) is 303 cm³/mol. The van der Waals surface area contributed by atoms with Crippen LogP contribution in [0.25, 0.3) is 0 Å². The van der Waals surface area contributed by atoms with Gasteiger partial charge in [0.1, 0.15) is 26.4 Å². The summed E-state index contributed by atoms with van der Waals surface area (Å²) in [5, 5.41) is 2.76. The number of likely N-dealkylation sites (tertiary alicyclic amines) is 4. The summed E-state index contributed by atoms with van der Waals surface area (Å²) in [5.41, 5.74) is 0. The second kappa shape index (κ2) is 42.3. The number of piperidine rings is 1. The molecule has 0 aromatic rings. The molecule has 0 aliphatic carbocycles. The van der Waals surface area contributed by atoms with E-state index < -0.39 is 0 Å². The van der Waals surface area contributed by atoms with E-state index >= 15 is 0 Å². The number of urea groups is 1. The van der Waals surface area contributed by atoms with Crippen LogP contribution in [0.2, 0.25) is 0 Å². The topological polar surface area (TPSA) is 189 Å². The number of amides is 7. The van der Waals surface area contributed by atoms with Crippen LogP contribution in [0.4, 0.5) is 4.79 Å². The first-order valence-electron chi connectivity index (χ1n) is 29.5. The van der Waals surface area contributed by atoms with Crippen molar-refractivity contribution >= 4 is 35.6 Å². The van der Waals surface area contributed by atoms with Crippen LogP contribution in [-0.2, 0) is 52.4 Å². The van der Waals surface area contributed by atoms with E-state index in [1.54, 1.807) is 4.90 Å². The van der Waals surface area contributed by atoms with Crippen LogP contribution in [0.15, 0.2) is 0 Å². The Morgan fingerprint density at radius 1 is 0.455 bits per heavy atom. The maximum Gasteiger partial charge on any atom is 0.317 e. The molecule has 7 aliphatic heterocycles. The van der Waals surface area contributed by atoms with Crippen LogP contribution in [0.3, 0.4) is 0 Å². The summed E-state index contributed by atoms with van der Waals surface area (Å²) in [6.07, 6.45) is 10.7. The Hall–Kier alpha value is -3.62. The maximum absolute atomic E-state index is 11.5. The summed E-state index contributed by atoms with van der Waals surface area (Å²) in [6, 6.07) is 0.0914. The van der Waals surface area contributed by atoms with Crippen molar-refractivity contribution in [2.75, 3.05) is 138 Å². The van der Waals surface area contributed by atoms with Crippen molar-refractivity contribution in [2.24, 2.45) is 23.7 Å². The standard InChI is InChI=1S/C10H19NO2.C9H17NO3.C9H17NO2.C8H15NO2.C8H15NO.C7H14N2O.C7H14O/c1-9(2)13-8-10(12)11-6-4-3-5-7-11;1-8(2)13-7-9(11)10-3-5-12-6-4-10;1-8(2)12-7-9(11)10-5-3-4-6-10;1-7(2)11-6-8(10)9-4-3-5-9;1-7(2)6-9-5-3-4-8(9)10;1-6(2)5-9-4-3-8-7(9)10;1-6(2)3-7-4-8-5-7/h9H,3-8H2,1-2H3;8H,3-7H2,1-2H3;8H,3-7H2,1-2H3;7H,3-6H2,1-2H3;7H,3-6H2,1-2H3;6H,3-5H2,1-2H3,(H,8,10);6-7H,3-5H2,1-2H3. The molecule has 0 aromatic heterocycles. The number of morpholine rings is 1. The third-order valence-corrected chi connectivity index (χ3v) is 12.7. The van der Waals surface area contributed by atoms with Gasteiger partial charge >= 0.3 is 6.03 Å². The molecule has 7 rings (SSSR count). The van der Waals surface area contributed by atoms with Crippen LogP contribution in [-0.4, -0.2) is 227 Å². The lowest BCUT2D eigenvalue weighted by Gasteiger charge is -2.30. The molecular weight excluding hydrogens is 987 g/mol. The van der Waals surface area contributed by atoms with Gasteiger partial charge in [0.25, 0.3) is 0 Å². The number of rotatable bonds is 18. The number of carbonyl (C=O) groups excluding carboxylic acids is 6. The molecule has 0 unspecified atom stereocenters. The molecule has 0 spiro atoms. The van der Waals surface area contributed by atoms with Crippen LogP contribution in [0, 0.1) is 23.7 Å². The first-order chi connectivity index (χ1) is 36.5. The third kappa shape index (κ3) is 36.3. The number of ether oxygens (including phenoxy) is 6. The molecule has 19 heteroatoms. The Morgan fingerprint density at radius 2 is 0.831 bits per heavy atom. The van der Waals surface area contributed by atoms with E-state index in [1.165, 1.54) is 12.8 Å². The molecule has 0 saturated carbocycles. The van der Waals surface area contributed by atoms with E-state index in [0.717, 1.165) is 142 Å². The lowest BCUT2D eigenvalue weighted by Crippen LogP contribution is -2.44. The normalized spacial score (nSPS) is 18.2. The fourth-order valence-corrected chi connectivity index (χ4v) is 8.36. The van der Waals surface area contributed by atoms with Gasteiger partial charge in [0.05, 0.1) is 50.8 Å². The maximum atomic E-state index is 11.5. The van der Waals surface area contributed by atoms with E-state index in [0.29, 0.717) is 44.0 Å². The van der Waals surface area contributed by atoms with Crippen LogP contribution >= 0.6 is 0 Å². The third-order valence-electron chi connectivity index (χ3n) is 12.7. The molecule has 450 valence electrons. The summed E-state index contributed by atoms with van der Waals surface area (Å²) in [7, 11) is 0. The Kier molecular flexibility index (Phi) is 39.2. The largest absolute Gasteiger partial charge is 0.381 e. The molecule has 7 saturated heterocycles. The van der Waals surface area contributed by atoms with Gasteiger partial charge in [0, 0.05) is 97.4 Å². The van der Waals surface area contributed by atoms with Gasteiger partial charge in [-0.1, -0.05) is 41.5 Å². The quantitative estimate of drug-likeness (QED) is 0.149. The molecule has 77 heavy (non-hydrogen) atoms. The van der Waals surface area contributed by atoms with E-state index in [-0.39, 0.29) is 80.5 Å². The summed E-state index contributed by atoms with van der Waals surface area (Å²) in [5.74, 6) is 3.75. The van der Waals surface area contributed by atoms with Crippen LogP contribution < -0.4 is 5.32 Å². The van der Waals surface area contributed by atoms with Crippen molar-refractivity contribution in [2.45, 2.75) is 179 Å². The van der Waals surface area contributed by atoms with Gasteiger partial charge in [-0.3, -0.25) is 24.0 Å². The van der Waals surface area contributed by atoms with E-state index in [1.807, 2.05) is 79.9 Å². The van der Waals surface area contributed by atoms with Crippen molar-refractivity contribution < 1.29 is 57.2 Å². The molecule has 0 bridgehead atoms. The summed E-state index contributed by atoms with van der Waals surface area (Å²) in [4.78, 5) is 78.6. The average Bonchev–Trinajstić information content (AvgIpc) is 4.14. The first kappa shape index (κ1) is 71.4. The van der Waals surface area contributed by atoms with Crippen molar-refractivity contribution in [3.63, 3.8) is 0 Å². The van der Waals surface area contributed by atoms with Crippen molar-refractivity contribution in [1.82, 2.24) is 34.7 Å². The number of carbonyl (C=O) groups is 6. The minimum Gasteiger partial charge on any atom is -0.381 e. The molecule has 1 N–H and O–H groups in total. The highest BCUT2D eigenvalue weighted by Crippen LogP contribution is 2.19. The molecular formula is C58H111N7O12. The number of nitrogens with one attached hydrogen (secondary N) is 1. The summed E-state index contributed by atoms with van der Waals surface area (Å²) >= 11 is 0. The lowest BCUT2D eigenvalue weighted by atomic mass is 9.96. The average molecular weight is 1100 g/mol. The van der Waals surface area contributed by atoms with Crippen LogP contribution in [0.5, 0.6) is 0 Å². The zero-order chi connectivity index (χ0) is 57.7. The fourth-order valence-electron chi connectivity index (χ4n) is 8.36. The van der Waals surface area contributed by atoms with Crippen LogP contribution in [0.1, 0.15) is 155 Å². The van der Waals surface area contributed by atoms with E-state index in [2.05, 4.69) is 46.9 Å². The molecule has 0 atom stereocenters. The Bertz CT molecular complexity index is 1520. The second-order valence-electron chi connectivity index (χ2n) is 23.1. The van der Waals surface area contributed by atoms with Gasteiger partial charge in [0.2, 0.25) is 29.5 Å². The lowest BCUT2D eigenvalue weighted by molar-refractivity contribution is -0.142. The zero-order valence-electron chi connectivity index (χ0n) is 50.9. The molecule has 19 nitrogen and oxygen atoms in total. The van der Waals surface area contributed by atoms with Crippen molar-refractivity contribution in [3.8, 4) is 0 Å². The molecule has 7 fully saturated rings. The number of hydrogen-bond donors (Lipinski definition) is 1. The summed E-state index contributed by atoms with van der Waals surface area (Å²) < 4.78 is 31.1. The van der Waals surface area contributed by atoms with Gasteiger partial charge in [-0.2, -0.15) is 0 Å². The van der Waals surface area contributed by atoms with Gasteiger partial charge in [-0.15, -0.1) is 0 Å². The predicted octanol–water partition coefficient (Wildman–Crippen LogP) is 6.98. The fraction of sp³-hybridized carbons (Fsp3) is 0.897. The van der Waals surface area contributed by atoms with E-state index in [9.17, 15) is 28.8 Å². The molecule has 7 amide bonds. The first-order valence-corrected chi connectivity index (χ1v) is 29.5. The van der Waals surface area contributed by atoms with Gasteiger partial charge < -0.3 is 63.1 Å². The highest BCUT2D eigenvalue weighted by molar-refractivity contribution is 5.79. The second-order valence-corrected chi connectivity index (χ2v) is 23.1. The van der Waals surface area contributed by atoms with Gasteiger partial charge in [-0.25, -0.2) is 4.79 Å². The number of hydrogen-bond acceptors (Lipinski definition) is 12. The minimum absolute atomic E-state index is 0.0667. The summed E-state index contributed by atoms with van der Waals surface area (Å²) in [6.45, 7) is 44.2. The highest BCUT2D eigenvalue weighted by Gasteiger charge is 2.23. The minimum atomic E-state index is 0.0667. The van der Waals surface area contributed by atoms with Gasteiger partial charge in [-0.05, 0) is 125 Å². The number of nitrogens with zero attached hydrogens (tertiary/aromatic N) is 6. The van der Waals surface area contributed by atoms with Crippen molar-refractivity contribution in [1.29, 1.82) is 0 Å². The molecule has 0 aromatic carbocycles. The Labute approximate surface area is 466 Å². The molecule has 7 aliphatic rings. The Morgan fingerprint density at radius 3 is 1.10 bits per heavy atom. The van der Waals surface area contributed by atoms with Gasteiger partial charge in [0.15, 0.2) is 0 Å². The van der Waals surface area contributed by atoms with E-state index in [4.69, 9.17) is 28.4 Å². The molecule has 0 radical (unpaired) electrons.